The predicted octanol–water partition coefficient (Wildman–Crippen LogP) is 0.616. The number of hydrogen-bond acceptors (Lipinski definition) is 12. The van der Waals surface area contributed by atoms with Crippen LogP contribution in [-0.2, 0) is 39.9 Å². The normalized spacial score (nSPS) is 20.6. The van der Waals surface area contributed by atoms with Crippen LogP contribution in [-0.4, -0.2) is 96.9 Å². The van der Waals surface area contributed by atoms with E-state index in [0.29, 0.717) is 12.2 Å². The molecule has 0 unspecified atom stereocenters. The van der Waals surface area contributed by atoms with Gasteiger partial charge in [0.15, 0.2) is 6.10 Å². The molecule has 44 heavy (non-hydrogen) atoms. The third-order valence-corrected chi connectivity index (χ3v) is 7.03. The Hall–Kier alpha value is -4.51. The Morgan fingerprint density at radius 2 is 1.89 bits per heavy atom. The summed E-state index contributed by atoms with van der Waals surface area (Å²) in [4.78, 5) is 63.0. The van der Waals surface area contributed by atoms with Crippen molar-refractivity contribution < 1.29 is 48.0 Å². The van der Waals surface area contributed by atoms with E-state index < -0.39 is 72.8 Å². The number of alkyl carbamates (subject to hydrolysis) is 2. The van der Waals surface area contributed by atoms with Gasteiger partial charge < -0.3 is 45.7 Å². The fourth-order valence-corrected chi connectivity index (χ4v) is 4.93. The zero-order chi connectivity index (χ0) is 32.3. The van der Waals surface area contributed by atoms with E-state index in [1.54, 1.807) is 24.3 Å². The van der Waals surface area contributed by atoms with Gasteiger partial charge in [-0.25, -0.2) is 9.59 Å². The van der Waals surface area contributed by atoms with Gasteiger partial charge in [-0.3, -0.25) is 14.4 Å². The Morgan fingerprint density at radius 3 is 2.57 bits per heavy atom. The number of nitrogens with zero attached hydrogens (tertiary/aromatic N) is 3. The molecule has 17 nitrogen and oxygen atoms in total. The Kier molecular flexibility index (Phi) is 15.9. The molecule has 0 radical (unpaired) electrons. The molecule has 0 saturated carbocycles. The van der Waals surface area contributed by atoms with Crippen molar-refractivity contribution in [2.24, 2.45) is 10.8 Å². The molecule has 0 aromatic heterocycles. The summed E-state index contributed by atoms with van der Waals surface area (Å²) in [6.07, 6.45) is -4.16. The molecule has 0 spiro atoms. The van der Waals surface area contributed by atoms with Gasteiger partial charge in [-0.2, -0.15) is 0 Å². The summed E-state index contributed by atoms with van der Waals surface area (Å²) in [5.41, 5.74) is 13.7. The van der Waals surface area contributed by atoms with Crippen LogP contribution in [0.25, 0.3) is 10.4 Å². The van der Waals surface area contributed by atoms with Crippen LogP contribution in [0.2, 0.25) is 0 Å². The summed E-state index contributed by atoms with van der Waals surface area (Å²) >= 11 is 1.13. The third kappa shape index (κ3) is 13.2. The van der Waals surface area contributed by atoms with E-state index >= 15 is 0 Å². The first-order valence-corrected chi connectivity index (χ1v) is 14.4. The van der Waals surface area contributed by atoms with E-state index in [-0.39, 0.29) is 26.2 Å². The summed E-state index contributed by atoms with van der Waals surface area (Å²) in [5, 5.41) is 21.4. The average molecular weight is 638 g/mol. The number of carbonyl (C=O) groups excluding carboxylic acids is 5. The number of aliphatic hydroxyl groups is 1. The number of amides is 4. The number of primary amides is 1. The summed E-state index contributed by atoms with van der Waals surface area (Å²) in [7, 11) is 0. The van der Waals surface area contributed by atoms with E-state index in [0.717, 1.165) is 17.3 Å². The maximum Gasteiger partial charge on any atom is 0.407 e. The van der Waals surface area contributed by atoms with Gasteiger partial charge in [-0.1, -0.05) is 48.1 Å². The first kappa shape index (κ1) is 35.7. The number of nitrogens with two attached hydrogens (primary N) is 1. The fraction of sp³-hybridized carbons (Fsp3) is 0.500. The van der Waals surface area contributed by atoms with Gasteiger partial charge in [-0.15, -0.1) is 11.8 Å². The number of ether oxygens (including phenoxy) is 4. The lowest BCUT2D eigenvalue weighted by Gasteiger charge is -2.43. The van der Waals surface area contributed by atoms with E-state index in [2.05, 4.69) is 32.6 Å². The van der Waals surface area contributed by atoms with Crippen molar-refractivity contribution >= 4 is 41.7 Å². The van der Waals surface area contributed by atoms with Crippen molar-refractivity contribution in [1.82, 2.24) is 16.0 Å². The Bertz CT molecular complexity index is 1180. The molecule has 18 heteroatoms. The maximum atomic E-state index is 12.7. The first-order chi connectivity index (χ1) is 21.1. The van der Waals surface area contributed by atoms with Crippen LogP contribution in [0.1, 0.15) is 18.4 Å². The van der Waals surface area contributed by atoms with Crippen LogP contribution in [0.3, 0.4) is 0 Å². The summed E-state index contributed by atoms with van der Waals surface area (Å²) in [5.74, 6) is -1.92. The van der Waals surface area contributed by atoms with Gasteiger partial charge in [0.05, 0.1) is 12.6 Å². The molecule has 1 aromatic rings. The number of hydrogen-bond donors (Lipinski definition) is 5. The minimum Gasteiger partial charge on any atom is -0.456 e. The van der Waals surface area contributed by atoms with E-state index in [1.807, 2.05) is 6.07 Å². The van der Waals surface area contributed by atoms with Crippen LogP contribution in [0.4, 0.5) is 9.59 Å². The molecule has 0 aliphatic carbocycles. The maximum absolute atomic E-state index is 12.7. The second-order valence-corrected chi connectivity index (χ2v) is 10.3. The molecule has 0 bridgehead atoms. The van der Waals surface area contributed by atoms with Gasteiger partial charge in [0.25, 0.3) is 0 Å². The largest absolute Gasteiger partial charge is 0.456 e. The summed E-state index contributed by atoms with van der Waals surface area (Å²) in [6.45, 7) is 1.82. The zero-order valence-electron chi connectivity index (χ0n) is 23.7. The molecule has 2 rings (SSSR count). The topological polar surface area (TPSA) is 253 Å². The molecule has 1 fully saturated rings. The number of carbonyl (C=O) groups is 5. The molecule has 5 atom stereocenters. The number of aliphatic hydroxyl groups excluding tert-OH is 1. The Morgan fingerprint density at radius 1 is 1.14 bits per heavy atom. The van der Waals surface area contributed by atoms with Gasteiger partial charge in [0, 0.05) is 11.3 Å². The van der Waals surface area contributed by atoms with Crippen molar-refractivity contribution in [2.45, 2.75) is 49.2 Å². The molecule has 1 saturated heterocycles. The van der Waals surface area contributed by atoms with Crippen LogP contribution >= 0.6 is 11.8 Å². The molecule has 1 aliphatic heterocycles. The number of nitrogens with one attached hydrogen (secondary N) is 3. The molecule has 1 heterocycles. The molecule has 240 valence electrons. The summed E-state index contributed by atoms with van der Waals surface area (Å²) in [6, 6.07) is 7.71. The monoisotopic (exact) mass is 637 g/mol. The van der Waals surface area contributed by atoms with Gasteiger partial charge in [-0.05, 0) is 23.3 Å². The minimum atomic E-state index is -1.58. The predicted molar refractivity (Wildman–Crippen MR) is 156 cm³/mol. The zero-order valence-corrected chi connectivity index (χ0v) is 24.5. The van der Waals surface area contributed by atoms with Crippen molar-refractivity contribution in [3.63, 3.8) is 0 Å². The quantitative estimate of drug-likeness (QED) is 0.0301. The minimum absolute atomic E-state index is 0.00449. The number of rotatable bonds is 17. The standard InChI is InChI=1S/C26H35N7O10S/c1-2-10-40-26(39)32-21-23(22(37)17(12-31-33-28)42-24(21)44-11-6-9-18(27)34)43-20(36)14-29-19(35)13-30-25(38)41-15-16-7-4-3-5-8-16/h2-5,7-8,17,21-24,37H,1,6,9-15H2,(H2,27,34)(H,29,35)(H,30,38)(H,32,39)/t17-,21-,22+,23-,24-/m1/s1. The van der Waals surface area contributed by atoms with Crippen LogP contribution in [0.5, 0.6) is 0 Å². The van der Waals surface area contributed by atoms with Crippen LogP contribution in [0, 0.1) is 0 Å². The van der Waals surface area contributed by atoms with E-state index in [1.165, 1.54) is 6.08 Å². The Labute approximate surface area is 256 Å². The molecule has 4 amide bonds. The smallest absolute Gasteiger partial charge is 0.407 e. The number of thioether (sulfide) groups is 1. The van der Waals surface area contributed by atoms with Gasteiger partial charge >= 0.3 is 18.2 Å². The van der Waals surface area contributed by atoms with Crippen molar-refractivity contribution in [3.05, 3.63) is 59.0 Å². The molecular formula is C26H35N7O10S. The van der Waals surface area contributed by atoms with E-state index in [4.69, 9.17) is 30.2 Å². The molecular weight excluding hydrogens is 602 g/mol. The summed E-state index contributed by atoms with van der Waals surface area (Å²) < 4.78 is 21.3. The molecule has 6 N–H and O–H groups in total. The lowest BCUT2D eigenvalue weighted by Crippen LogP contribution is -2.64. The molecule has 1 aromatic carbocycles. The second kappa shape index (κ2) is 19.6. The fourth-order valence-electron chi connectivity index (χ4n) is 3.73. The molecule has 1 aliphatic rings. The second-order valence-electron chi connectivity index (χ2n) is 9.09. The van der Waals surface area contributed by atoms with Gasteiger partial charge in [0.1, 0.15) is 43.9 Å². The lowest BCUT2D eigenvalue weighted by molar-refractivity contribution is -0.186. The number of esters is 1. The van der Waals surface area contributed by atoms with Crippen molar-refractivity contribution in [3.8, 4) is 0 Å². The highest BCUT2D eigenvalue weighted by atomic mass is 32.2. The average Bonchev–Trinajstić information content (AvgIpc) is 3.01. The number of azide groups is 1. The van der Waals surface area contributed by atoms with Crippen LogP contribution < -0.4 is 21.7 Å². The first-order valence-electron chi connectivity index (χ1n) is 13.3. The lowest BCUT2D eigenvalue weighted by atomic mass is 9.97. The highest BCUT2D eigenvalue weighted by molar-refractivity contribution is 7.99. The highest BCUT2D eigenvalue weighted by Gasteiger charge is 2.48. The number of benzene rings is 1. The SMILES string of the molecule is C=CCOC(=O)N[C@@H]1[C@@H](OC(=O)CNC(=O)CNC(=O)OCc2ccccc2)[C@@H](O)[C@@H](CN=[N+]=[N-])O[C@@H]1SCCCC(N)=O. The van der Waals surface area contributed by atoms with Gasteiger partial charge in [0.2, 0.25) is 11.8 Å². The van der Waals surface area contributed by atoms with Crippen molar-refractivity contribution in [1.29, 1.82) is 0 Å². The van der Waals surface area contributed by atoms with E-state index in [9.17, 15) is 29.1 Å². The Balaban J connectivity index is 2.02. The highest BCUT2D eigenvalue weighted by Crippen LogP contribution is 2.31. The van der Waals surface area contributed by atoms with Crippen molar-refractivity contribution in [2.75, 3.05) is 32.0 Å². The third-order valence-electron chi connectivity index (χ3n) is 5.77. The van der Waals surface area contributed by atoms with Crippen LogP contribution in [0.15, 0.2) is 48.1 Å².